The van der Waals surface area contributed by atoms with Gasteiger partial charge in [-0.3, -0.25) is 10.00 Å². The number of halogens is 1. The van der Waals surface area contributed by atoms with E-state index < -0.39 is 0 Å². The van der Waals surface area contributed by atoms with Crippen LogP contribution in [0.5, 0.6) is 0 Å². The van der Waals surface area contributed by atoms with E-state index in [2.05, 4.69) is 25.3 Å². The van der Waals surface area contributed by atoms with E-state index in [1.165, 1.54) is 12.1 Å². The molecule has 0 radical (unpaired) electrons. The van der Waals surface area contributed by atoms with Crippen molar-refractivity contribution in [1.82, 2.24) is 25.3 Å². The van der Waals surface area contributed by atoms with Crippen LogP contribution in [0, 0.1) is 12.7 Å². The summed E-state index contributed by atoms with van der Waals surface area (Å²) in [6.07, 6.45) is 1.82. The second-order valence-electron chi connectivity index (χ2n) is 6.21. The standard InChI is InChI=1S/C18H22FN5O/c1-12(18-23-20-13(2)25-18)24(3)9-5-8-16-11-17(22-21-16)14-6-4-7-15(19)10-14/h4,6-7,10-12H,5,8-9H2,1-3H3,(H,21,22)/t12-/m1/s1. The molecule has 0 spiro atoms. The smallest absolute Gasteiger partial charge is 0.233 e. The molecule has 2 heterocycles. The van der Waals surface area contributed by atoms with Crippen LogP contribution in [0.15, 0.2) is 34.7 Å². The third kappa shape index (κ3) is 4.30. The minimum Gasteiger partial charge on any atom is -0.424 e. The first kappa shape index (κ1) is 17.3. The lowest BCUT2D eigenvalue weighted by Crippen LogP contribution is -2.24. The maximum absolute atomic E-state index is 13.3. The molecule has 2 aromatic heterocycles. The molecular formula is C18H22FN5O. The van der Waals surface area contributed by atoms with Gasteiger partial charge in [0.2, 0.25) is 11.8 Å². The maximum atomic E-state index is 13.3. The predicted octanol–water partition coefficient (Wildman–Crippen LogP) is 3.53. The number of aryl methyl sites for hydroxylation is 2. The van der Waals surface area contributed by atoms with Crippen molar-refractivity contribution in [3.05, 3.63) is 53.6 Å². The molecular weight excluding hydrogens is 321 g/mol. The number of rotatable bonds is 7. The number of benzene rings is 1. The predicted molar refractivity (Wildman–Crippen MR) is 92.4 cm³/mol. The number of H-pyrrole nitrogens is 1. The second kappa shape index (κ2) is 7.57. The van der Waals surface area contributed by atoms with Crippen LogP contribution in [0.4, 0.5) is 4.39 Å². The molecule has 0 aliphatic carbocycles. The zero-order valence-electron chi connectivity index (χ0n) is 14.7. The molecule has 7 heteroatoms. The van der Waals surface area contributed by atoms with Gasteiger partial charge in [-0.2, -0.15) is 5.10 Å². The Morgan fingerprint density at radius 3 is 2.84 bits per heavy atom. The van der Waals surface area contributed by atoms with E-state index in [1.807, 2.05) is 26.1 Å². The highest BCUT2D eigenvalue weighted by Crippen LogP contribution is 2.20. The average Bonchev–Trinajstić information content (AvgIpc) is 3.23. The van der Waals surface area contributed by atoms with Crippen LogP contribution in [0.3, 0.4) is 0 Å². The molecule has 0 bridgehead atoms. The third-order valence-electron chi connectivity index (χ3n) is 4.27. The van der Waals surface area contributed by atoms with E-state index >= 15 is 0 Å². The number of hydrogen-bond acceptors (Lipinski definition) is 5. The molecule has 1 N–H and O–H groups in total. The molecule has 6 nitrogen and oxygen atoms in total. The van der Waals surface area contributed by atoms with Crippen molar-refractivity contribution in [1.29, 1.82) is 0 Å². The first-order valence-corrected chi connectivity index (χ1v) is 8.33. The normalized spacial score (nSPS) is 12.7. The van der Waals surface area contributed by atoms with Gasteiger partial charge in [0.25, 0.3) is 0 Å². The Hall–Kier alpha value is -2.54. The Balaban J connectivity index is 1.52. The SMILES string of the molecule is Cc1nnc([C@@H](C)N(C)CCCc2cc(-c3cccc(F)c3)n[nH]2)o1. The molecule has 3 aromatic rings. The van der Waals surface area contributed by atoms with E-state index in [-0.39, 0.29) is 11.9 Å². The molecule has 0 aliphatic heterocycles. The summed E-state index contributed by atoms with van der Waals surface area (Å²) in [6.45, 7) is 4.72. The number of aromatic amines is 1. The summed E-state index contributed by atoms with van der Waals surface area (Å²) >= 11 is 0. The average molecular weight is 343 g/mol. The highest BCUT2D eigenvalue weighted by molar-refractivity contribution is 5.59. The van der Waals surface area contributed by atoms with Gasteiger partial charge in [-0.05, 0) is 51.6 Å². The molecule has 3 rings (SSSR count). The van der Waals surface area contributed by atoms with Crippen LogP contribution in [-0.4, -0.2) is 38.9 Å². The minimum atomic E-state index is -0.256. The zero-order chi connectivity index (χ0) is 17.8. The van der Waals surface area contributed by atoms with Crippen LogP contribution in [-0.2, 0) is 6.42 Å². The Morgan fingerprint density at radius 1 is 1.28 bits per heavy atom. The number of hydrogen-bond donors (Lipinski definition) is 1. The monoisotopic (exact) mass is 343 g/mol. The summed E-state index contributed by atoms with van der Waals surface area (Å²) in [5.74, 6) is 0.960. The Morgan fingerprint density at radius 2 is 2.12 bits per heavy atom. The van der Waals surface area contributed by atoms with Crippen LogP contribution in [0.1, 0.15) is 36.9 Å². The van der Waals surface area contributed by atoms with Crippen molar-refractivity contribution in [2.45, 2.75) is 32.7 Å². The fourth-order valence-electron chi connectivity index (χ4n) is 2.67. The topological polar surface area (TPSA) is 70.8 Å². The van der Waals surface area contributed by atoms with Crippen LogP contribution >= 0.6 is 0 Å². The third-order valence-corrected chi connectivity index (χ3v) is 4.27. The first-order valence-electron chi connectivity index (χ1n) is 8.33. The zero-order valence-corrected chi connectivity index (χ0v) is 14.7. The van der Waals surface area contributed by atoms with Crippen molar-refractivity contribution in [3.8, 4) is 11.3 Å². The van der Waals surface area contributed by atoms with Crippen molar-refractivity contribution in [3.63, 3.8) is 0 Å². The van der Waals surface area contributed by atoms with E-state index in [4.69, 9.17) is 4.42 Å². The Labute approximate surface area is 146 Å². The number of nitrogens with one attached hydrogen (secondary N) is 1. The van der Waals surface area contributed by atoms with Gasteiger partial charge in [0.1, 0.15) is 5.82 Å². The molecule has 132 valence electrons. The first-order chi connectivity index (χ1) is 12.0. The molecule has 1 atom stereocenters. The quantitative estimate of drug-likeness (QED) is 0.710. The molecule has 0 amide bonds. The second-order valence-corrected chi connectivity index (χ2v) is 6.21. The van der Waals surface area contributed by atoms with Gasteiger partial charge in [0.05, 0.1) is 11.7 Å². The number of aromatic nitrogens is 4. The van der Waals surface area contributed by atoms with Crippen molar-refractivity contribution in [2.24, 2.45) is 0 Å². The Bertz CT molecular complexity index is 828. The summed E-state index contributed by atoms with van der Waals surface area (Å²) < 4.78 is 18.8. The summed E-state index contributed by atoms with van der Waals surface area (Å²) in [7, 11) is 2.04. The van der Waals surface area contributed by atoms with Crippen LogP contribution < -0.4 is 0 Å². The van der Waals surface area contributed by atoms with Crippen LogP contribution in [0.25, 0.3) is 11.3 Å². The summed E-state index contributed by atoms with van der Waals surface area (Å²) in [5, 5.41) is 15.2. The van der Waals surface area contributed by atoms with Crippen molar-refractivity contribution < 1.29 is 8.81 Å². The van der Waals surface area contributed by atoms with E-state index in [9.17, 15) is 4.39 Å². The fourth-order valence-corrected chi connectivity index (χ4v) is 2.67. The lowest BCUT2D eigenvalue weighted by Gasteiger charge is -2.21. The van der Waals surface area contributed by atoms with Gasteiger partial charge in [-0.15, -0.1) is 10.2 Å². The van der Waals surface area contributed by atoms with Gasteiger partial charge >= 0.3 is 0 Å². The van der Waals surface area contributed by atoms with Gasteiger partial charge in [-0.1, -0.05) is 12.1 Å². The Kier molecular flexibility index (Phi) is 5.23. The summed E-state index contributed by atoms with van der Waals surface area (Å²) in [5.41, 5.74) is 2.58. The summed E-state index contributed by atoms with van der Waals surface area (Å²) in [6, 6.07) is 8.51. The molecule has 0 fully saturated rings. The van der Waals surface area contributed by atoms with Crippen molar-refractivity contribution >= 4 is 0 Å². The van der Waals surface area contributed by atoms with Crippen LogP contribution in [0.2, 0.25) is 0 Å². The fraction of sp³-hybridized carbons (Fsp3) is 0.389. The maximum Gasteiger partial charge on any atom is 0.233 e. The summed E-state index contributed by atoms with van der Waals surface area (Å²) in [4.78, 5) is 2.18. The largest absolute Gasteiger partial charge is 0.424 e. The van der Waals surface area contributed by atoms with E-state index in [0.29, 0.717) is 11.8 Å². The van der Waals surface area contributed by atoms with E-state index in [1.54, 1.807) is 13.0 Å². The lowest BCUT2D eigenvalue weighted by molar-refractivity contribution is 0.220. The minimum absolute atomic E-state index is 0.0748. The van der Waals surface area contributed by atoms with Crippen molar-refractivity contribution in [2.75, 3.05) is 13.6 Å². The molecule has 0 unspecified atom stereocenters. The highest BCUT2D eigenvalue weighted by atomic mass is 19.1. The van der Waals surface area contributed by atoms with Gasteiger partial charge in [-0.25, -0.2) is 4.39 Å². The molecule has 0 saturated heterocycles. The highest BCUT2D eigenvalue weighted by Gasteiger charge is 2.17. The van der Waals surface area contributed by atoms with Gasteiger partial charge in [0.15, 0.2) is 0 Å². The molecule has 0 saturated carbocycles. The molecule has 0 aliphatic rings. The van der Waals surface area contributed by atoms with Gasteiger partial charge < -0.3 is 4.42 Å². The van der Waals surface area contributed by atoms with Gasteiger partial charge in [0, 0.05) is 18.2 Å². The molecule has 1 aromatic carbocycles. The molecule has 25 heavy (non-hydrogen) atoms. The number of nitrogens with zero attached hydrogens (tertiary/aromatic N) is 4. The van der Waals surface area contributed by atoms with E-state index in [0.717, 1.165) is 36.3 Å². The lowest BCUT2D eigenvalue weighted by atomic mass is 10.1.